The monoisotopic (exact) mass is 316 g/mol. The van der Waals surface area contributed by atoms with Gasteiger partial charge in [0.05, 0.1) is 18.6 Å². The Hall–Kier alpha value is -2.02. The number of nitrogens with zero attached hydrogens (tertiary/aromatic N) is 1. The molecule has 0 atom stereocenters. The van der Waals surface area contributed by atoms with Crippen molar-refractivity contribution in [2.75, 3.05) is 12.9 Å². The summed E-state index contributed by atoms with van der Waals surface area (Å²) in [5, 5.41) is 27.9. The van der Waals surface area contributed by atoms with E-state index in [0.29, 0.717) is 0 Å². The molecule has 3 rings (SSSR count). The van der Waals surface area contributed by atoms with Crippen molar-refractivity contribution >= 4 is 22.5 Å². The van der Waals surface area contributed by atoms with Crippen LogP contribution in [0.4, 0.5) is 0 Å². The maximum Gasteiger partial charge on any atom is 0.161 e. The van der Waals surface area contributed by atoms with E-state index in [9.17, 15) is 0 Å². The maximum atomic E-state index is 8.89. The molecule has 6 heteroatoms. The Labute approximate surface area is 131 Å². The highest BCUT2D eigenvalue weighted by Gasteiger charge is 2.07. The molecular weight excluding hydrogens is 300 g/mol. The second-order valence-corrected chi connectivity index (χ2v) is 5.88. The van der Waals surface area contributed by atoms with Crippen molar-refractivity contribution < 1.29 is 14.9 Å². The number of H-pyrrole nitrogens is 1. The summed E-state index contributed by atoms with van der Waals surface area (Å²) in [5.74, 6) is 1.03. The summed E-state index contributed by atoms with van der Waals surface area (Å²) in [4.78, 5) is 0. The number of aromatic amines is 1. The highest BCUT2D eigenvalue weighted by Crippen LogP contribution is 2.28. The quantitative estimate of drug-likeness (QED) is 0.498. The molecular formula is C16H16N2O3S. The second kappa shape index (κ2) is 6.39. The number of benzene rings is 2. The third kappa shape index (κ3) is 3.24. The van der Waals surface area contributed by atoms with E-state index in [2.05, 4.69) is 16.3 Å². The summed E-state index contributed by atoms with van der Waals surface area (Å²) in [6, 6.07) is 14.0. The lowest BCUT2D eigenvalue weighted by Gasteiger charge is -2.04. The molecule has 5 nitrogen and oxygen atoms in total. The summed E-state index contributed by atoms with van der Waals surface area (Å²) in [7, 11) is 1.66. The van der Waals surface area contributed by atoms with Crippen molar-refractivity contribution in [3.63, 3.8) is 0 Å². The van der Waals surface area contributed by atoms with E-state index in [-0.39, 0.29) is 5.75 Å². The summed E-state index contributed by atoms with van der Waals surface area (Å²) in [5.41, 5.74) is 1.93. The molecule has 0 unspecified atom stereocenters. The third-order valence-corrected chi connectivity index (χ3v) is 4.26. The van der Waals surface area contributed by atoms with Gasteiger partial charge in [-0.1, -0.05) is 30.0 Å². The zero-order valence-corrected chi connectivity index (χ0v) is 12.8. The van der Waals surface area contributed by atoms with Crippen LogP contribution in [0.1, 0.15) is 0 Å². The molecule has 2 aromatic carbocycles. The summed E-state index contributed by atoms with van der Waals surface area (Å²) < 4.78 is 5.23. The van der Waals surface area contributed by atoms with Gasteiger partial charge in [-0.3, -0.25) is 5.10 Å². The Morgan fingerprint density at radius 1 is 1.14 bits per heavy atom. The van der Waals surface area contributed by atoms with Gasteiger partial charge in [0.1, 0.15) is 10.8 Å². The first-order chi connectivity index (χ1) is 10.7. The van der Waals surface area contributed by atoms with Gasteiger partial charge >= 0.3 is 0 Å². The number of nitrogens with one attached hydrogen (secondary N) is 1. The predicted molar refractivity (Wildman–Crippen MR) is 87.0 cm³/mol. The minimum atomic E-state index is -1.33. The Kier molecular flexibility index (Phi) is 4.33. The molecule has 0 fully saturated rings. The zero-order chi connectivity index (χ0) is 15.5. The van der Waals surface area contributed by atoms with Crippen molar-refractivity contribution in [3.8, 4) is 17.0 Å². The standard InChI is InChI=1S/C16H16N2O3S/c1-21-13-5-4-10-6-12(3-2-11(10)7-13)14-8-15(18-17-14)22-9-16(19)20/h2-8,16,19-20H,9H2,1H3,(H,17,18). The van der Waals surface area contributed by atoms with Crippen LogP contribution in [-0.2, 0) is 0 Å². The number of aliphatic hydroxyl groups excluding tert-OH is 1. The zero-order valence-electron chi connectivity index (χ0n) is 12.0. The van der Waals surface area contributed by atoms with Gasteiger partial charge in [0.2, 0.25) is 0 Å². The van der Waals surface area contributed by atoms with Crippen molar-refractivity contribution in [2.45, 2.75) is 11.3 Å². The lowest BCUT2D eigenvalue weighted by atomic mass is 10.0. The van der Waals surface area contributed by atoms with Gasteiger partial charge in [0.15, 0.2) is 6.29 Å². The van der Waals surface area contributed by atoms with E-state index in [4.69, 9.17) is 14.9 Å². The lowest BCUT2D eigenvalue weighted by Crippen LogP contribution is -2.06. The van der Waals surface area contributed by atoms with E-state index in [1.54, 1.807) is 7.11 Å². The SMILES string of the molecule is COc1ccc2cc(-c3cc(SCC(O)O)n[nH]3)ccc2c1. The van der Waals surface area contributed by atoms with Crippen LogP contribution in [-0.4, -0.2) is 39.6 Å². The number of methoxy groups -OCH3 is 1. The minimum absolute atomic E-state index is 0.196. The average molecular weight is 316 g/mol. The Morgan fingerprint density at radius 3 is 2.68 bits per heavy atom. The van der Waals surface area contributed by atoms with Gasteiger partial charge in [0, 0.05) is 5.56 Å². The molecule has 1 heterocycles. The van der Waals surface area contributed by atoms with Gasteiger partial charge in [-0.25, -0.2) is 0 Å². The van der Waals surface area contributed by atoms with Crippen LogP contribution in [0, 0.1) is 0 Å². The third-order valence-electron chi connectivity index (χ3n) is 3.29. The van der Waals surface area contributed by atoms with Crippen molar-refractivity contribution in [3.05, 3.63) is 42.5 Å². The molecule has 3 N–H and O–H groups in total. The topological polar surface area (TPSA) is 78.4 Å². The fourth-order valence-corrected chi connectivity index (χ4v) is 2.83. The van der Waals surface area contributed by atoms with Crippen LogP contribution in [0.25, 0.3) is 22.0 Å². The number of aromatic nitrogens is 2. The van der Waals surface area contributed by atoms with Crippen LogP contribution >= 0.6 is 11.8 Å². The van der Waals surface area contributed by atoms with Crippen molar-refractivity contribution in [1.82, 2.24) is 10.2 Å². The molecule has 0 aliphatic carbocycles. The number of rotatable bonds is 5. The number of ether oxygens (including phenoxy) is 1. The normalized spacial score (nSPS) is 11.3. The molecule has 22 heavy (non-hydrogen) atoms. The van der Waals surface area contributed by atoms with Gasteiger partial charge in [-0.05, 0) is 35.0 Å². The van der Waals surface area contributed by atoms with Gasteiger partial charge < -0.3 is 14.9 Å². The van der Waals surface area contributed by atoms with Crippen molar-refractivity contribution in [1.29, 1.82) is 0 Å². The minimum Gasteiger partial charge on any atom is -0.497 e. The second-order valence-electron chi connectivity index (χ2n) is 4.84. The van der Waals surface area contributed by atoms with E-state index >= 15 is 0 Å². The lowest BCUT2D eigenvalue weighted by molar-refractivity contribution is -0.0186. The molecule has 3 aromatic rings. The molecule has 0 aliphatic rings. The maximum absolute atomic E-state index is 8.89. The molecule has 0 saturated carbocycles. The summed E-state index contributed by atoms with van der Waals surface area (Å²) in [6.45, 7) is 0. The first kappa shape index (κ1) is 14.9. The smallest absolute Gasteiger partial charge is 0.161 e. The van der Waals surface area contributed by atoms with Crippen LogP contribution in [0.3, 0.4) is 0 Å². The van der Waals surface area contributed by atoms with Gasteiger partial charge in [-0.2, -0.15) is 5.10 Å². The molecule has 0 saturated heterocycles. The Morgan fingerprint density at radius 2 is 1.91 bits per heavy atom. The van der Waals surface area contributed by atoms with E-state index in [1.807, 2.05) is 36.4 Å². The molecule has 0 aliphatic heterocycles. The fourth-order valence-electron chi connectivity index (χ4n) is 2.20. The number of fused-ring (bicyclic) bond motifs is 1. The molecule has 0 amide bonds. The van der Waals surface area contributed by atoms with E-state index < -0.39 is 6.29 Å². The first-order valence-electron chi connectivity index (χ1n) is 6.78. The molecule has 114 valence electrons. The average Bonchev–Trinajstić information content (AvgIpc) is 3.01. The highest BCUT2D eigenvalue weighted by molar-refractivity contribution is 7.99. The Bertz CT molecular complexity index is 786. The molecule has 1 aromatic heterocycles. The number of aliphatic hydroxyl groups is 2. The fraction of sp³-hybridized carbons (Fsp3) is 0.188. The van der Waals surface area contributed by atoms with Gasteiger partial charge in [0.25, 0.3) is 0 Å². The van der Waals surface area contributed by atoms with Crippen molar-refractivity contribution in [2.24, 2.45) is 0 Å². The van der Waals surface area contributed by atoms with Crippen LogP contribution in [0.15, 0.2) is 47.5 Å². The first-order valence-corrected chi connectivity index (χ1v) is 7.77. The number of hydrogen-bond donors (Lipinski definition) is 3. The predicted octanol–water partition coefficient (Wildman–Crippen LogP) is 2.64. The number of thioether (sulfide) groups is 1. The highest BCUT2D eigenvalue weighted by atomic mass is 32.2. The molecule has 0 bridgehead atoms. The van der Waals surface area contributed by atoms with Crippen LogP contribution < -0.4 is 4.74 Å². The van der Waals surface area contributed by atoms with Gasteiger partial charge in [-0.15, -0.1) is 0 Å². The summed E-state index contributed by atoms with van der Waals surface area (Å²) >= 11 is 1.29. The number of hydrogen-bond acceptors (Lipinski definition) is 5. The molecule has 0 radical (unpaired) electrons. The van der Waals surface area contributed by atoms with Crippen LogP contribution in [0.2, 0.25) is 0 Å². The van der Waals surface area contributed by atoms with E-state index in [1.165, 1.54) is 11.8 Å². The van der Waals surface area contributed by atoms with Crippen LogP contribution in [0.5, 0.6) is 5.75 Å². The summed E-state index contributed by atoms with van der Waals surface area (Å²) in [6.07, 6.45) is -1.33. The molecule has 0 spiro atoms. The van der Waals surface area contributed by atoms with E-state index in [0.717, 1.165) is 32.8 Å². The Balaban J connectivity index is 1.87. The largest absolute Gasteiger partial charge is 0.497 e.